The van der Waals surface area contributed by atoms with Crippen LogP contribution in [0.2, 0.25) is 0 Å². The highest BCUT2D eigenvalue weighted by molar-refractivity contribution is 7.16. The predicted molar refractivity (Wildman–Crippen MR) is 65.8 cm³/mol. The van der Waals surface area contributed by atoms with Crippen molar-refractivity contribution in [3.05, 3.63) is 10.7 Å². The van der Waals surface area contributed by atoms with E-state index >= 15 is 0 Å². The average Bonchev–Trinajstić information content (AvgIpc) is 2.44. The Bertz CT molecular complexity index is 391. The van der Waals surface area contributed by atoms with Crippen LogP contribution in [0.25, 0.3) is 0 Å². The lowest BCUT2D eigenvalue weighted by atomic mass is 10.2. The first-order valence-electron chi connectivity index (χ1n) is 5.20. The molecule has 0 aliphatic rings. The summed E-state index contributed by atoms with van der Waals surface area (Å²) in [5, 5.41) is 1.29. The minimum absolute atomic E-state index is 0.239. The molecular formula is C11H18N2O2S. The number of nitrogens with two attached hydrogens (primary N) is 1. The number of anilines is 1. The van der Waals surface area contributed by atoms with Crippen LogP contribution in [0.1, 0.15) is 56.0 Å². The zero-order valence-electron chi connectivity index (χ0n) is 10.3. The van der Waals surface area contributed by atoms with Crippen molar-refractivity contribution in [1.82, 2.24) is 4.98 Å². The molecule has 0 aliphatic heterocycles. The topological polar surface area (TPSA) is 65.2 Å². The van der Waals surface area contributed by atoms with Crippen molar-refractivity contribution in [3.63, 3.8) is 0 Å². The van der Waals surface area contributed by atoms with E-state index in [1.165, 1.54) is 11.3 Å². The largest absolute Gasteiger partial charge is 0.455 e. The maximum atomic E-state index is 11.8. The van der Waals surface area contributed by atoms with Crippen LogP contribution >= 0.6 is 11.3 Å². The highest BCUT2D eigenvalue weighted by atomic mass is 32.1. The summed E-state index contributed by atoms with van der Waals surface area (Å²) < 4.78 is 5.22. The molecule has 4 nitrogen and oxygen atoms in total. The molecule has 5 heteroatoms. The minimum Gasteiger partial charge on any atom is -0.455 e. The van der Waals surface area contributed by atoms with Gasteiger partial charge in [0.25, 0.3) is 0 Å². The number of carbonyl (C=O) groups is 1. The third kappa shape index (κ3) is 3.20. The highest BCUT2D eigenvalue weighted by Crippen LogP contribution is 2.28. The standard InChI is InChI=1S/C11H18N2O2S/c1-6(2)9-13-7(8(12)16-9)10(14)15-11(3,4)5/h6H,12H2,1-5H3. The van der Waals surface area contributed by atoms with Crippen molar-refractivity contribution in [3.8, 4) is 0 Å². The molecule has 1 heterocycles. The van der Waals surface area contributed by atoms with Crippen LogP contribution in [0, 0.1) is 0 Å². The van der Waals surface area contributed by atoms with Gasteiger partial charge in [-0.25, -0.2) is 9.78 Å². The Morgan fingerprint density at radius 1 is 1.44 bits per heavy atom. The molecular weight excluding hydrogens is 224 g/mol. The third-order valence-corrected chi connectivity index (χ3v) is 2.94. The van der Waals surface area contributed by atoms with Crippen molar-refractivity contribution >= 4 is 22.3 Å². The first-order chi connectivity index (χ1) is 7.20. The Hall–Kier alpha value is -1.10. The summed E-state index contributed by atoms with van der Waals surface area (Å²) in [6, 6.07) is 0. The van der Waals surface area contributed by atoms with Crippen LogP contribution in [0.15, 0.2) is 0 Å². The van der Waals surface area contributed by atoms with E-state index in [1.54, 1.807) is 0 Å². The molecule has 16 heavy (non-hydrogen) atoms. The third-order valence-electron chi connectivity index (χ3n) is 1.76. The quantitative estimate of drug-likeness (QED) is 0.810. The number of thiazole rings is 1. The monoisotopic (exact) mass is 242 g/mol. The van der Waals surface area contributed by atoms with Gasteiger partial charge in [0.05, 0.1) is 5.01 Å². The fraction of sp³-hybridized carbons (Fsp3) is 0.636. The lowest BCUT2D eigenvalue weighted by Gasteiger charge is -2.18. The number of rotatable bonds is 2. The van der Waals surface area contributed by atoms with Crippen molar-refractivity contribution in [1.29, 1.82) is 0 Å². The number of esters is 1. The van der Waals surface area contributed by atoms with Crippen LogP contribution in [-0.2, 0) is 4.74 Å². The maximum absolute atomic E-state index is 11.8. The lowest BCUT2D eigenvalue weighted by molar-refractivity contribution is 0.00648. The molecule has 0 unspecified atom stereocenters. The molecule has 0 radical (unpaired) electrons. The number of nitrogens with zero attached hydrogens (tertiary/aromatic N) is 1. The average molecular weight is 242 g/mol. The Morgan fingerprint density at radius 3 is 2.38 bits per heavy atom. The normalized spacial score (nSPS) is 11.9. The second-order valence-electron chi connectivity index (χ2n) is 4.92. The van der Waals surface area contributed by atoms with Crippen molar-refractivity contribution < 1.29 is 9.53 Å². The molecule has 0 spiro atoms. The molecule has 0 saturated carbocycles. The molecule has 2 N–H and O–H groups in total. The SMILES string of the molecule is CC(C)c1nc(C(=O)OC(C)(C)C)c(N)s1. The second-order valence-corrected chi connectivity index (χ2v) is 5.98. The Morgan fingerprint density at radius 2 is 2.00 bits per heavy atom. The molecule has 0 fully saturated rings. The molecule has 0 aliphatic carbocycles. The smallest absolute Gasteiger partial charge is 0.360 e. The number of aromatic nitrogens is 1. The van der Waals surface area contributed by atoms with Crippen molar-refractivity contribution in [2.24, 2.45) is 0 Å². The second kappa shape index (κ2) is 4.41. The van der Waals surface area contributed by atoms with E-state index in [0.717, 1.165) is 5.01 Å². The van der Waals surface area contributed by atoms with Crippen molar-refractivity contribution in [2.45, 2.75) is 46.1 Å². The van der Waals surface area contributed by atoms with E-state index in [-0.39, 0.29) is 11.6 Å². The van der Waals surface area contributed by atoms with Gasteiger partial charge in [0, 0.05) is 5.92 Å². The zero-order chi connectivity index (χ0) is 12.5. The molecule has 0 aromatic carbocycles. The molecule has 1 aromatic rings. The van der Waals surface area contributed by atoms with E-state index in [0.29, 0.717) is 5.00 Å². The van der Waals surface area contributed by atoms with Crippen LogP contribution in [0.5, 0.6) is 0 Å². The number of hydrogen-bond acceptors (Lipinski definition) is 5. The molecule has 0 atom stereocenters. The molecule has 1 rings (SSSR count). The lowest BCUT2D eigenvalue weighted by Crippen LogP contribution is -2.24. The highest BCUT2D eigenvalue weighted by Gasteiger charge is 2.23. The summed E-state index contributed by atoms with van der Waals surface area (Å²) in [5.74, 6) is -0.184. The van der Waals surface area contributed by atoms with E-state index in [4.69, 9.17) is 10.5 Å². The van der Waals surface area contributed by atoms with Gasteiger partial charge in [0.15, 0.2) is 5.69 Å². The summed E-state index contributed by atoms with van der Waals surface area (Å²) in [6.07, 6.45) is 0. The maximum Gasteiger partial charge on any atom is 0.360 e. The Balaban J connectivity index is 2.92. The fourth-order valence-electron chi connectivity index (χ4n) is 1.07. The number of nitrogen functional groups attached to an aromatic ring is 1. The van der Waals surface area contributed by atoms with Crippen LogP contribution in [-0.4, -0.2) is 16.6 Å². The number of ether oxygens (including phenoxy) is 1. The van der Waals surface area contributed by atoms with Gasteiger partial charge >= 0.3 is 5.97 Å². The van der Waals surface area contributed by atoms with E-state index in [9.17, 15) is 4.79 Å². The van der Waals surface area contributed by atoms with E-state index < -0.39 is 11.6 Å². The first-order valence-corrected chi connectivity index (χ1v) is 6.02. The summed E-state index contributed by atoms with van der Waals surface area (Å²) in [6.45, 7) is 9.47. The summed E-state index contributed by atoms with van der Waals surface area (Å²) in [5.41, 5.74) is 5.47. The van der Waals surface area contributed by atoms with Crippen LogP contribution in [0.3, 0.4) is 0 Å². The summed E-state index contributed by atoms with van der Waals surface area (Å²) in [7, 11) is 0. The first kappa shape index (κ1) is 13.0. The van der Waals surface area contributed by atoms with Gasteiger partial charge in [-0.3, -0.25) is 0 Å². The number of carbonyl (C=O) groups excluding carboxylic acids is 1. The van der Waals surface area contributed by atoms with Crippen molar-refractivity contribution in [2.75, 3.05) is 5.73 Å². The predicted octanol–water partition coefficient (Wildman–Crippen LogP) is 2.80. The Kier molecular flexibility index (Phi) is 3.57. The molecule has 1 aromatic heterocycles. The molecule has 0 amide bonds. The van der Waals surface area contributed by atoms with Gasteiger partial charge in [0.1, 0.15) is 10.6 Å². The van der Waals surface area contributed by atoms with Crippen LogP contribution < -0.4 is 5.73 Å². The zero-order valence-corrected chi connectivity index (χ0v) is 11.1. The molecule has 90 valence electrons. The fourth-order valence-corrected chi connectivity index (χ4v) is 1.89. The van der Waals surface area contributed by atoms with Gasteiger partial charge in [-0.1, -0.05) is 13.8 Å². The van der Waals surface area contributed by atoms with Crippen LogP contribution in [0.4, 0.5) is 5.00 Å². The molecule has 0 saturated heterocycles. The van der Waals surface area contributed by atoms with Gasteiger partial charge in [-0.2, -0.15) is 0 Å². The summed E-state index contributed by atoms with van der Waals surface area (Å²) >= 11 is 1.34. The van der Waals surface area contributed by atoms with Gasteiger partial charge in [-0.15, -0.1) is 11.3 Å². The van der Waals surface area contributed by atoms with E-state index in [1.807, 2.05) is 34.6 Å². The van der Waals surface area contributed by atoms with Gasteiger partial charge in [-0.05, 0) is 20.8 Å². The van der Waals surface area contributed by atoms with Gasteiger partial charge in [0.2, 0.25) is 0 Å². The number of hydrogen-bond donors (Lipinski definition) is 1. The summed E-state index contributed by atoms with van der Waals surface area (Å²) in [4.78, 5) is 16.0. The minimum atomic E-state index is -0.523. The van der Waals surface area contributed by atoms with Gasteiger partial charge < -0.3 is 10.5 Å². The molecule has 0 bridgehead atoms. The van der Waals surface area contributed by atoms with E-state index in [2.05, 4.69) is 4.98 Å². The Labute approximate surface area is 99.8 Å².